The fourth-order valence-electron chi connectivity index (χ4n) is 1.77. The Morgan fingerprint density at radius 3 is 2.45 bits per heavy atom. The van der Waals surface area contributed by atoms with Crippen molar-refractivity contribution in [2.45, 2.75) is 26.3 Å². The van der Waals surface area contributed by atoms with Crippen LogP contribution in [0.15, 0.2) is 36.7 Å². The number of alkyl halides is 3. The summed E-state index contributed by atoms with van der Waals surface area (Å²) in [4.78, 5) is 0. The normalized spacial score (nSPS) is 11.8. The van der Waals surface area contributed by atoms with Crippen LogP contribution >= 0.6 is 0 Å². The molecule has 1 heterocycles. The first-order valence-electron chi connectivity index (χ1n) is 6.24. The summed E-state index contributed by atoms with van der Waals surface area (Å²) in [5.74, 6) is 0. The number of ether oxygens (including phenoxy) is 1. The summed E-state index contributed by atoms with van der Waals surface area (Å²) in [7, 11) is 0. The van der Waals surface area contributed by atoms with Gasteiger partial charge >= 0.3 is 6.18 Å². The highest BCUT2D eigenvalue weighted by molar-refractivity contribution is 5.24. The van der Waals surface area contributed by atoms with E-state index in [4.69, 9.17) is 4.74 Å². The van der Waals surface area contributed by atoms with Gasteiger partial charge in [-0.2, -0.15) is 18.3 Å². The molecule has 0 saturated carbocycles. The molecule has 20 heavy (non-hydrogen) atoms. The summed E-state index contributed by atoms with van der Waals surface area (Å²) in [5, 5.41) is 4.15. The highest BCUT2D eigenvalue weighted by atomic mass is 19.4. The van der Waals surface area contributed by atoms with Gasteiger partial charge < -0.3 is 4.74 Å². The van der Waals surface area contributed by atoms with E-state index in [1.54, 1.807) is 10.9 Å². The molecule has 0 atom stereocenters. The maximum atomic E-state index is 12.4. The predicted molar refractivity (Wildman–Crippen MR) is 68.1 cm³/mol. The van der Waals surface area contributed by atoms with Crippen molar-refractivity contribution >= 4 is 0 Å². The van der Waals surface area contributed by atoms with E-state index in [-0.39, 0.29) is 0 Å². The third kappa shape index (κ3) is 3.84. The third-order valence-electron chi connectivity index (χ3n) is 2.79. The molecular formula is C14H15F3N2O. The average molecular weight is 284 g/mol. The lowest BCUT2D eigenvalue weighted by atomic mass is 10.1. The standard InChI is InChI=1S/C14H15F3N2O/c1-2-20-10-12-7-18-19(9-12)8-11-3-5-13(6-4-11)14(15,16)17/h3-7,9H,2,8,10H2,1H3. The maximum absolute atomic E-state index is 12.4. The number of hydrogen-bond donors (Lipinski definition) is 0. The zero-order valence-corrected chi connectivity index (χ0v) is 11.0. The molecule has 0 bridgehead atoms. The molecule has 1 aromatic carbocycles. The van der Waals surface area contributed by atoms with E-state index < -0.39 is 11.7 Å². The predicted octanol–water partition coefficient (Wildman–Crippen LogP) is 3.49. The van der Waals surface area contributed by atoms with E-state index in [1.165, 1.54) is 12.1 Å². The van der Waals surface area contributed by atoms with E-state index >= 15 is 0 Å². The average Bonchev–Trinajstić information content (AvgIpc) is 2.83. The van der Waals surface area contributed by atoms with Crippen LogP contribution in [0.2, 0.25) is 0 Å². The van der Waals surface area contributed by atoms with Gasteiger partial charge in [0.15, 0.2) is 0 Å². The highest BCUT2D eigenvalue weighted by Crippen LogP contribution is 2.29. The van der Waals surface area contributed by atoms with Gasteiger partial charge in [-0.3, -0.25) is 4.68 Å². The molecule has 0 radical (unpaired) electrons. The van der Waals surface area contributed by atoms with Crippen molar-refractivity contribution in [3.8, 4) is 0 Å². The van der Waals surface area contributed by atoms with Crippen molar-refractivity contribution in [1.29, 1.82) is 0 Å². The van der Waals surface area contributed by atoms with Gasteiger partial charge in [0.25, 0.3) is 0 Å². The smallest absolute Gasteiger partial charge is 0.377 e. The Hall–Kier alpha value is -1.82. The number of rotatable bonds is 5. The summed E-state index contributed by atoms with van der Waals surface area (Å²) in [5.41, 5.74) is 1.07. The molecule has 2 rings (SSSR count). The van der Waals surface area contributed by atoms with Gasteiger partial charge in [-0.1, -0.05) is 12.1 Å². The van der Waals surface area contributed by atoms with Gasteiger partial charge in [0.05, 0.1) is 24.9 Å². The highest BCUT2D eigenvalue weighted by Gasteiger charge is 2.29. The molecular weight excluding hydrogens is 269 g/mol. The summed E-state index contributed by atoms with van der Waals surface area (Å²) in [6, 6.07) is 5.10. The molecule has 0 aliphatic carbocycles. The lowest BCUT2D eigenvalue weighted by molar-refractivity contribution is -0.137. The minimum absolute atomic E-state index is 0.435. The second-order valence-corrected chi connectivity index (χ2v) is 4.38. The molecule has 0 N–H and O–H groups in total. The Morgan fingerprint density at radius 1 is 1.15 bits per heavy atom. The largest absolute Gasteiger partial charge is 0.416 e. The van der Waals surface area contributed by atoms with Gasteiger partial charge in [0, 0.05) is 18.4 Å². The van der Waals surface area contributed by atoms with Gasteiger partial charge in [0.1, 0.15) is 0 Å². The Balaban J connectivity index is 2.01. The molecule has 0 aliphatic rings. The lowest BCUT2D eigenvalue weighted by Gasteiger charge is -2.07. The van der Waals surface area contributed by atoms with Crippen molar-refractivity contribution in [2.24, 2.45) is 0 Å². The Morgan fingerprint density at radius 2 is 1.85 bits per heavy atom. The van der Waals surface area contributed by atoms with Gasteiger partial charge in [-0.25, -0.2) is 0 Å². The summed E-state index contributed by atoms with van der Waals surface area (Å²) in [6.45, 7) is 3.46. The molecule has 0 unspecified atom stereocenters. The lowest BCUT2D eigenvalue weighted by Crippen LogP contribution is -2.05. The van der Waals surface area contributed by atoms with Crippen LogP contribution in [-0.4, -0.2) is 16.4 Å². The van der Waals surface area contributed by atoms with Crippen molar-refractivity contribution in [2.75, 3.05) is 6.61 Å². The number of benzene rings is 1. The zero-order chi connectivity index (χ0) is 14.6. The fourth-order valence-corrected chi connectivity index (χ4v) is 1.77. The zero-order valence-electron chi connectivity index (χ0n) is 11.0. The third-order valence-corrected chi connectivity index (χ3v) is 2.79. The summed E-state index contributed by atoms with van der Waals surface area (Å²) < 4.78 is 44.2. The van der Waals surface area contributed by atoms with Gasteiger partial charge in [0.2, 0.25) is 0 Å². The second-order valence-electron chi connectivity index (χ2n) is 4.38. The molecule has 3 nitrogen and oxygen atoms in total. The van der Waals surface area contributed by atoms with Crippen LogP contribution < -0.4 is 0 Å². The first-order chi connectivity index (χ1) is 9.49. The second kappa shape index (κ2) is 6.09. The SMILES string of the molecule is CCOCc1cnn(Cc2ccc(C(F)(F)F)cc2)c1. The van der Waals surface area contributed by atoms with Crippen molar-refractivity contribution < 1.29 is 17.9 Å². The number of aromatic nitrogens is 2. The molecule has 0 spiro atoms. The molecule has 0 fully saturated rings. The van der Waals surface area contributed by atoms with Crippen molar-refractivity contribution in [3.63, 3.8) is 0 Å². The van der Waals surface area contributed by atoms with Crippen LogP contribution in [0.1, 0.15) is 23.6 Å². The van der Waals surface area contributed by atoms with Crippen molar-refractivity contribution in [1.82, 2.24) is 9.78 Å². The number of halogens is 3. The van der Waals surface area contributed by atoms with Crippen LogP contribution in [0, 0.1) is 0 Å². The monoisotopic (exact) mass is 284 g/mol. The van der Waals surface area contributed by atoms with Gasteiger partial charge in [-0.15, -0.1) is 0 Å². The molecule has 6 heteroatoms. The first kappa shape index (κ1) is 14.6. The van der Waals surface area contributed by atoms with E-state index in [0.29, 0.717) is 19.8 Å². The summed E-state index contributed by atoms with van der Waals surface area (Å²) >= 11 is 0. The molecule has 2 aromatic rings. The van der Waals surface area contributed by atoms with E-state index in [0.717, 1.165) is 23.3 Å². The Bertz CT molecular complexity index is 546. The molecule has 0 amide bonds. The van der Waals surface area contributed by atoms with Crippen LogP contribution in [0.4, 0.5) is 13.2 Å². The summed E-state index contributed by atoms with van der Waals surface area (Å²) in [6.07, 6.45) is -0.776. The van der Waals surface area contributed by atoms with Crippen LogP contribution in [-0.2, 0) is 24.1 Å². The molecule has 1 aromatic heterocycles. The minimum atomic E-state index is -4.30. The van der Waals surface area contributed by atoms with E-state index in [2.05, 4.69) is 5.10 Å². The number of hydrogen-bond acceptors (Lipinski definition) is 2. The van der Waals surface area contributed by atoms with Crippen LogP contribution in [0.25, 0.3) is 0 Å². The first-order valence-corrected chi connectivity index (χ1v) is 6.24. The molecule has 108 valence electrons. The molecule has 0 aliphatic heterocycles. The number of nitrogens with zero attached hydrogens (tertiary/aromatic N) is 2. The van der Waals surface area contributed by atoms with E-state index in [9.17, 15) is 13.2 Å². The maximum Gasteiger partial charge on any atom is 0.416 e. The molecule has 0 saturated heterocycles. The van der Waals surface area contributed by atoms with Crippen molar-refractivity contribution in [3.05, 3.63) is 53.3 Å². The van der Waals surface area contributed by atoms with Crippen LogP contribution in [0.3, 0.4) is 0 Å². The minimum Gasteiger partial charge on any atom is -0.377 e. The van der Waals surface area contributed by atoms with E-state index in [1.807, 2.05) is 13.1 Å². The fraction of sp³-hybridized carbons (Fsp3) is 0.357. The topological polar surface area (TPSA) is 27.1 Å². The Labute approximate surface area is 115 Å². The van der Waals surface area contributed by atoms with Gasteiger partial charge in [-0.05, 0) is 24.6 Å². The van der Waals surface area contributed by atoms with Crippen LogP contribution in [0.5, 0.6) is 0 Å². The quantitative estimate of drug-likeness (QED) is 0.840. The Kier molecular flexibility index (Phi) is 4.44.